The fourth-order valence-corrected chi connectivity index (χ4v) is 2.31. The van der Waals surface area contributed by atoms with Crippen molar-refractivity contribution < 1.29 is 13.9 Å². The second-order valence-corrected chi connectivity index (χ2v) is 5.51. The molecule has 7 heteroatoms. The van der Waals surface area contributed by atoms with Gasteiger partial charge in [-0.1, -0.05) is 29.8 Å². The molecule has 2 aromatic carbocycles. The van der Waals surface area contributed by atoms with Crippen LogP contribution in [0.5, 0.6) is 5.75 Å². The van der Waals surface area contributed by atoms with Crippen LogP contribution < -0.4 is 10.5 Å². The molecular weight excluding hydrogens is 330 g/mol. The van der Waals surface area contributed by atoms with Crippen LogP contribution in [-0.4, -0.2) is 16.1 Å². The number of amides is 1. The normalized spacial score (nSPS) is 11.9. The van der Waals surface area contributed by atoms with Gasteiger partial charge in [-0.25, -0.2) is 0 Å². The van der Waals surface area contributed by atoms with E-state index in [1.54, 1.807) is 19.1 Å². The van der Waals surface area contributed by atoms with E-state index in [1.807, 2.05) is 30.3 Å². The van der Waals surface area contributed by atoms with Crippen LogP contribution in [0.2, 0.25) is 5.02 Å². The smallest absolute Gasteiger partial charge is 0.257 e. The molecule has 6 nitrogen and oxygen atoms in total. The molecule has 2 N–H and O–H groups in total. The summed E-state index contributed by atoms with van der Waals surface area (Å²) in [6.07, 6.45) is -0.561. The Kier molecular flexibility index (Phi) is 4.48. The van der Waals surface area contributed by atoms with E-state index in [0.29, 0.717) is 22.6 Å². The topological polar surface area (TPSA) is 91.2 Å². The highest BCUT2D eigenvalue weighted by Gasteiger charge is 2.19. The van der Waals surface area contributed by atoms with Crippen LogP contribution in [0.4, 0.5) is 0 Å². The fourth-order valence-electron chi connectivity index (χ4n) is 2.13. The fraction of sp³-hybridized carbons (Fsp3) is 0.118. The molecule has 0 aliphatic heterocycles. The second kappa shape index (κ2) is 6.72. The highest BCUT2D eigenvalue weighted by Crippen LogP contribution is 2.28. The average Bonchev–Trinajstić information content (AvgIpc) is 3.07. The van der Waals surface area contributed by atoms with Crippen LogP contribution in [0, 0.1) is 0 Å². The van der Waals surface area contributed by atoms with Crippen LogP contribution in [0.3, 0.4) is 0 Å². The first kappa shape index (κ1) is 16.0. The van der Waals surface area contributed by atoms with Crippen molar-refractivity contribution in [2.75, 3.05) is 0 Å². The summed E-state index contributed by atoms with van der Waals surface area (Å²) in [6, 6.07) is 14.0. The molecule has 0 aliphatic rings. The Hall–Kier alpha value is -2.86. The van der Waals surface area contributed by atoms with Crippen molar-refractivity contribution in [2.45, 2.75) is 13.0 Å². The van der Waals surface area contributed by atoms with E-state index in [4.69, 9.17) is 26.5 Å². The van der Waals surface area contributed by atoms with E-state index in [-0.39, 0.29) is 5.56 Å². The molecule has 0 fully saturated rings. The zero-order valence-electron chi connectivity index (χ0n) is 12.8. The molecule has 0 bridgehead atoms. The van der Waals surface area contributed by atoms with Crippen LogP contribution in [0.25, 0.3) is 11.5 Å². The molecule has 0 aliphatic carbocycles. The Morgan fingerprint density at radius 1 is 1.21 bits per heavy atom. The number of carbonyl (C=O) groups is 1. The molecule has 1 unspecified atom stereocenters. The van der Waals surface area contributed by atoms with Gasteiger partial charge in [0.25, 0.3) is 11.8 Å². The molecular formula is C17H14ClN3O3. The predicted molar refractivity (Wildman–Crippen MR) is 88.7 cm³/mol. The minimum Gasteiger partial charge on any atom is -0.480 e. The zero-order valence-corrected chi connectivity index (χ0v) is 13.5. The molecule has 0 spiro atoms. The SMILES string of the molecule is CC(Oc1ccc(Cl)cc1C(N)=O)c1nnc(-c2ccccc2)o1. The number of nitrogens with two attached hydrogens (primary N) is 1. The quantitative estimate of drug-likeness (QED) is 0.763. The monoisotopic (exact) mass is 343 g/mol. The van der Waals surface area contributed by atoms with Crippen LogP contribution >= 0.6 is 11.6 Å². The van der Waals surface area contributed by atoms with Gasteiger partial charge in [-0.2, -0.15) is 0 Å². The van der Waals surface area contributed by atoms with Crippen molar-refractivity contribution in [3.05, 3.63) is 65.0 Å². The van der Waals surface area contributed by atoms with E-state index < -0.39 is 12.0 Å². The van der Waals surface area contributed by atoms with Crippen LogP contribution in [-0.2, 0) is 0 Å². The number of hydrogen-bond donors (Lipinski definition) is 1. The lowest BCUT2D eigenvalue weighted by Crippen LogP contribution is -2.14. The van der Waals surface area contributed by atoms with Gasteiger partial charge in [0.2, 0.25) is 5.89 Å². The van der Waals surface area contributed by atoms with E-state index in [2.05, 4.69) is 10.2 Å². The molecule has 3 aromatic rings. The lowest BCUT2D eigenvalue weighted by molar-refractivity contribution is 0.0991. The Morgan fingerprint density at radius 3 is 2.67 bits per heavy atom. The van der Waals surface area contributed by atoms with E-state index in [0.717, 1.165) is 5.56 Å². The first-order valence-corrected chi connectivity index (χ1v) is 7.57. The van der Waals surface area contributed by atoms with E-state index in [1.165, 1.54) is 6.07 Å². The summed E-state index contributed by atoms with van der Waals surface area (Å²) in [4.78, 5) is 11.5. The minimum atomic E-state index is -0.629. The number of rotatable bonds is 5. The van der Waals surface area contributed by atoms with Crippen LogP contribution in [0.15, 0.2) is 52.9 Å². The lowest BCUT2D eigenvalue weighted by Gasteiger charge is -2.13. The Bertz CT molecular complexity index is 865. The van der Waals surface area contributed by atoms with Gasteiger partial charge in [-0.15, -0.1) is 10.2 Å². The van der Waals surface area contributed by atoms with Gasteiger partial charge >= 0.3 is 0 Å². The van der Waals surface area contributed by atoms with Gasteiger partial charge in [0, 0.05) is 10.6 Å². The molecule has 1 atom stereocenters. The van der Waals surface area contributed by atoms with Gasteiger partial charge < -0.3 is 14.9 Å². The maximum Gasteiger partial charge on any atom is 0.257 e. The van der Waals surface area contributed by atoms with Gasteiger partial charge in [0.15, 0.2) is 6.10 Å². The molecule has 0 radical (unpaired) electrons. The molecule has 0 saturated carbocycles. The van der Waals surface area contributed by atoms with Crippen molar-refractivity contribution >= 4 is 17.5 Å². The van der Waals surface area contributed by atoms with E-state index >= 15 is 0 Å². The van der Waals surface area contributed by atoms with Crippen molar-refractivity contribution in [1.82, 2.24) is 10.2 Å². The van der Waals surface area contributed by atoms with Crippen molar-refractivity contribution in [1.29, 1.82) is 0 Å². The molecule has 0 saturated heterocycles. The number of hydrogen-bond acceptors (Lipinski definition) is 5. The standard InChI is InChI=1S/C17H14ClN3O3/c1-10(23-14-8-7-12(18)9-13(14)15(19)22)16-20-21-17(24-16)11-5-3-2-4-6-11/h2-10H,1H3,(H2,19,22). The lowest BCUT2D eigenvalue weighted by atomic mass is 10.2. The molecule has 1 amide bonds. The molecule has 3 rings (SSSR count). The summed E-state index contributed by atoms with van der Waals surface area (Å²) in [5.41, 5.74) is 6.35. The summed E-state index contributed by atoms with van der Waals surface area (Å²) >= 11 is 5.88. The number of nitrogens with zero attached hydrogens (tertiary/aromatic N) is 2. The van der Waals surface area contributed by atoms with Gasteiger partial charge in [0.1, 0.15) is 5.75 Å². The summed E-state index contributed by atoms with van der Waals surface area (Å²) in [6.45, 7) is 1.74. The van der Waals surface area contributed by atoms with Gasteiger partial charge in [-0.3, -0.25) is 4.79 Å². The third kappa shape index (κ3) is 3.38. The third-order valence-electron chi connectivity index (χ3n) is 3.32. The van der Waals surface area contributed by atoms with Gasteiger partial charge in [-0.05, 0) is 37.3 Å². The number of aromatic nitrogens is 2. The summed E-state index contributed by atoms with van der Waals surface area (Å²) < 4.78 is 11.4. The zero-order chi connectivity index (χ0) is 17.1. The number of benzene rings is 2. The molecule has 1 aromatic heterocycles. The highest BCUT2D eigenvalue weighted by atomic mass is 35.5. The second-order valence-electron chi connectivity index (χ2n) is 5.08. The first-order chi connectivity index (χ1) is 11.5. The van der Waals surface area contributed by atoms with Crippen molar-refractivity contribution in [3.8, 4) is 17.2 Å². The maximum atomic E-state index is 11.5. The number of halogens is 1. The number of ether oxygens (including phenoxy) is 1. The largest absolute Gasteiger partial charge is 0.480 e. The van der Waals surface area contributed by atoms with Gasteiger partial charge in [0.05, 0.1) is 5.56 Å². The Balaban J connectivity index is 1.82. The number of primary amides is 1. The average molecular weight is 344 g/mol. The third-order valence-corrected chi connectivity index (χ3v) is 3.56. The molecule has 24 heavy (non-hydrogen) atoms. The Labute approximate surface area is 143 Å². The first-order valence-electron chi connectivity index (χ1n) is 7.19. The summed E-state index contributed by atoms with van der Waals surface area (Å²) in [5, 5.41) is 8.40. The van der Waals surface area contributed by atoms with Crippen LogP contribution in [0.1, 0.15) is 29.3 Å². The Morgan fingerprint density at radius 2 is 1.96 bits per heavy atom. The van der Waals surface area contributed by atoms with Crippen molar-refractivity contribution in [2.24, 2.45) is 5.73 Å². The molecule has 1 heterocycles. The maximum absolute atomic E-state index is 11.5. The summed E-state index contributed by atoms with van der Waals surface area (Å²) in [7, 11) is 0. The predicted octanol–water partition coefficient (Wildman–Crippen LogP) is 3.63. The van der Waals surface area contributed by atoms with E-state index in [9.17, 15) is 4.79 Å². The molecule has 122 valence electrons. The minimum absolute atomic E-state index is 0.192. The number of carbonyl (C=O) groups excluding carboxylic acids is 1. The van der Waals surface area contributed by atoms with Crippen molar-refractivity contribution in [3.63, 3.8) is 0 Å². The summed E-state index contributed by atoms with van der Waals surface area (Å²) in [5.74, 6) is 0.362. The highest BCUT2D eigenvalue weighted by molar-refractivity contribution is 6.31.